The number of hydrogen-bond donors (Lipinski definition) is 1. The number of nitrogens with zero attached hydrogens (tertiary/aromatic N) is 1. The van der Waals surface area contributed by atoms with Gasteiger partial charge in [-0.3, -0.25) is 4.90 Å². The molecule has 4 aliphatic rings. The third-order valence-corrected chi connectivity index (χ3v) is 7.46. The SMILES string of the molecule is COCC1CCC(O)(C2=CC=C(C=C3CCN(C4CCC4)CC3)C=CC2)CC1. The smallest absolute Gasteiger partial charge is 0.0863 e. The zero-order chi connectivity index (χ0) is 19.4. The molecule has 1 saturated heterocycles. The van der Waals surface area contributed by atoms with Crippen LogP contribution < -0.4 is 0 Å². The maximum absolute atomic E-state index is 11.2. The molecule has 3 heteroatoms. The molecule has 0 atom stereocenters. The highest BCUT2D eigenvalue weighted by molar-refractivity contribution is 5.41. The summed E-state index contributed by atoms with van der Waals surface area (Å²) in [5.74, 6) is 0.605. The fourth-order valence-corrected chi connectivity index (χ4v) is 5.27. The molecule has 4 rings (SSSR count). The summed E-state index contributed by atoms with van der Waals surface area (Å²) in [6.07, 6.45) is 22.7. The van der Waals surface area contributed by atoms with E-state index >= 15 is 0 Å². The molecule has 0 aromatic rings. The first-order valence-electron chi connectivity index (χ1n) is 11.4. The first-order valence-corrected chi connectivity index (χ1v) is 11.4. The Kier molecular flexibility index (Phi) is 6.55. The van der Waals surface area contributed by atoms with Crippen molar-refractivity contribution >= 4 is 0 Å². The molecule has 3 nitrogen and oxygen atoms in total. The third kappa shape index (κ3) is 4.69. The van der Waals surface area contributed by atoms with Crippen molar-refractivity contribution in [2.75, 3.05) is 26.8 Å². The van der Waals surface area contributed by atoms with E-state index < -0.39 is 5.60 Å². The largest absolute Gasteiger partial charge is 0.385 e. The van der Waals surface area contributed by atoms with Crippen LogP contribution in [0.1, 0.15) is 64.2 Å². The highest BCUT2D eigenvalue weighted by Crippen LogP contribution is 2.39. The van der Waals surface area contributed by atoms with E-state index in [4.69, 9.17) is 4.74 Å². The van der Waals surface area contributed by atoms with Gasteiger partial charge in [-0.1, -0.05) is 42.4 Å². The van der Waals surface area contributed by atoms with Gasteiger partial charge in [-0.05, 0) is 74.9 Å². The molecule has 154 valence electrons. The molecule has 0 bridgehead atoms. The molecule has 28 heavy (non-hydrogen) atoms. The van der Waals surface area contributed by atoms with Crippen molar-refractivity contribution in [1.82, 2.24) is 4.90 Å². The van der Waals surface area contributed by atoms with Crippen LogP contribution in [-0.2, 0) is 4.74 Å². The zero-order valence-electron chi connectivity index (χ0n) is 17.5. The van der Waals surface area contributed by atoms with Gasteiger partial charge in [0.25, 0.3) is 0 Å². The number of methoxy groups -OCH3 is 1. The number of piperidine rings is 1. The van der Waals surface area contributed by atoms with Crippen LogP contribution in [0.5, 0.6) is 0 Å². The predicted molar refractivity (Wildman–Crippen MR) is 115 cm³/mol. The van der Waals surface area contributed by atoms with Crippen LogP contribution >= 0.6 is 0 Å². The second-order valence-electron chi connectivity index (χ2n) is 9.32. The van der Waals surface area contributed by atoms with Gasteiger partial charge in [-0.25, -0.2) is 0 Å². The molecule has 0 amide bonds. The van der Waals surface area contributed by atoms with Crippen LogP contribution in [0.15, 0.2) is 47.1 Å². The fourth-order valence-electron chi connectivity index (χ4n) is 5.27. The van der Waals surface area contributed by atoms with Gasteiger partial charge in [0.05, 0.1) is 5.60 Å². The summed E-state index contributed by atoms with van der Waals surface area (Å²) in [5.41, 5.74) is 3.44. The maximum atomic E-state index is 11.2. The van der Waals surface area contributed by atoms with Gasteiger partial charge in [-0.2, -0.15) is 0 Å². The lowest BCUT2D eigenvalue weighted by molar-refractivity contribution is 0.00801. The van der Waals surface area contributed by atoms with Gasteiger partial charge in [0, 0.05) is 32.8 Å². The highest BCUT2D eigenvalue weighted by Gasteiger charge is 2.35. The molecule has 0 spiro atoms. The van der Waals surface area contributed by atoms with E-state index in [1.807, 2.05) is 0 Å². The van der Waals surface area contributed by atoms with Gasteiger partial charge < -0.3 is 9.84 Å². The summed E-state index contributed by atoms with van der Waals surface area (Å²) >= 11 is 0. The minimum atomic E-state index is -0.623. The molecule has 0 unspecified atom stereocenters. The van der Waals surface area contributed by atoms with E-state index in [1.165, 1.54) is 56.3 Å². The third-order valence-electron chi connectivity index (χ3n) is 7.46. The normalized spacial score (nSPS) is 32.4. The van der Waals surface area contributed by atoms with Crippen LogP contribution in [0.25, 0.3) is 0 Å². The summed E-state index contributed by atoms with van der Waals surface area (Å²) < 4.78 is 5.30. The highest BCUT2D eigenvalue weighted by atomic mass is 16.5. The van der Waals surface area contributed by atoms with Crippen LogP contribution in [-0.4, -0.2) is 48.5 Å². The van der Waals surface area contributed by atoms with E-state index in [9.17, 15) is 5.11 Å². The molecule has 1 aliphatic heterocycles. The van der Waals surface area contributed by atoms with Gasteiger partial charge in [0.15, 0.2) is 0 Å². The van der Waals surface area contributed by atoms with Gasteiger partial charge in [-0.15, -0.1) is 0 Å². The number of ether oxygens (including phenoxy) is 1. The molecular formula is C25H37NO2. The number of hydrogen-bond acceptors (Lipinski definition) is 3. The van der Waals surface area contributed by atoms with Crippen molar-refractivity contribution in [2.45, 2.75) is 75.9 Å². The standard InChI is InChI=1S/C25H37NO2/c1-28-19-22-10-14-25(27,15-11-22)23-5-2-4-20(8-9-23)18-21-12-16-26(17-13-21)24-6-3-7-24/h2,4,8-9,18,22,24,27H,3,5-7,10-17,19H2,1H3. The first kappa shape index (κ1) is 20.1. The van der Waals surface area contributed by atoms with Crippen molar-refractivity contribution < 1.29 is 9.84 Å². The van der Waals surface area contributed by atoms with Crippen LogP contribution in [0, 0.1) is 5.92 Å². The molecule has 2 saturated carbocycles. The Morgan fingerprint density at radius 1 is 1.14 bits per heavy atom. The van der Waals surface area contributed by atoms with E-state index in [0.717, 1.165) is 44.8 Å². The Morgan fingerprint density at radius 3 is 2.54 bits per heavy atom. The van der Waals surface area contributed by atoms with Crippen LogP contribution in [0.2, 0.25) is 0 Å². The van der Waals surface area contributed by atoms with Gasteiger partial charge in [0.2, 0.25) is 0 Å². The molecule has 0 aromatic heterocycles. The van der Waals surface area contributed by atoms with E-state index in [2.05, 4.69) is 35.3 Å². The molecule has 1 N–H and O–H groups in total. The molecule has 0 radical (unpaired) electrons. The van der Waals surface area contributed by atoms with Crippen molar-refractivity contribution in [1.29, 1.82) is 0 Å². The van der Waals surface area contributed by atoms with E-state index in [0.29, 0.717) is 5.92 Å². The van der Waals surface area contributed by atoms with Crippen molar-refractivity contribution in [3.63, 3.8) is 0 Å². The maximum Gasteiger partial charge on any atom is 0.0863 e. The summed E-state index contributed by atoms with van der Waals surface area (Å²) in [5, 5.41) is 11.2. The number of aliphatic hydroxyl groups is 1. The molecular weight excluding hydrogens is 346 g/mol. The van der Waals surface area contributed by atoms with Crippen molar-refractivity contribution in [3.8, 4) is 0 Å². The summed E-state index contributed by atoms with van der Waals surface area (Å²) in [4.78, 5) is 2.70. The monoisotopic (exact) mass is 383 g/mol. The number of likely N-dealkylation sites (tertiary alicyclic amines) is 1. The van der Waals surface area contributed by atoms with E-state index in [-0.39, 0.29) is 0 Å². The van der Waals surface area contributed by atoms with Gasteiger partial charge in [0.1, 0.15) is 0 Å². The predicted octanol–water partition coefficient (Wildman–Crippen LogP) is 4.94. The molecule has 0 aromatic carbocycles. The Bertz CT molecular complexity index is 650. The zero-order valence-corrected chi connectivity index (χ0v) is 17.5. The minimum Gasteiger partial charge on any atom is -0.385 e. The second kappa shape index (κ2) is 9.11. The second-order valence-corrected chi connectivity index (χ2v) is 9.32. The number of allylic oxidation sites excluding steroid dienone is 6. The lowest BCUT2D eigenvalue weighted by atomic mass is 9.74. The quantitative estimate of drug-likeness (QED) is 0.730. The van der Waals surface area contributed by atoms with Gasteiger partial charge >= 0.3 is 0 Å². The Labute approximate surface area is 170 Å². The van der Waals surface area contributed by atoms with Crippen LogP contribution in [0.4, 0.5) is 0 Å². The lowest BCUT2D eigenvalue weighted by Gasteiger charge is -2.40. The average Bonchev–Trinajstić information content (AvgIpc) is 2.90. The molecule has 1 heterocycles. The Hall–Kier alpha value is -1.16. The van der Waals surface area contributed by atoms with E-state index in [1.54, 1.807) is 12.7 Å². The average molecular weight is 384 g/mol. The summed E-state index contributed by atoms with van der Waals surface area (Å²) in [6, 6.07) is 0.878. The van der Waals surface area contributed by atoms with Crippen LogP contribution in [0.3, 0.4) is 0 Å². The summed E-state index contributed by atoms with van der Waals surface area (Å²) in [6.45, 7) is 3.29. The van der Waals surface area contributed by atoms with Crippen molar-refractivity contribution in [2.24, 2.45) is 5.92 Å². The Morgan fingerprint density at radius 2 is 1.89 bits per heavy atom. The first-order chi connectivity index (χ1) is 13.7. The topological polar surface area (TPSA) is 32.7 Å². The molecule has 3 fully saturated rings. The molecule has 3 aliphatic carbocycles. The number of rotatable bonds is 5. The Balaban J connectivity index is 1.36. The summed E-state index contributed by atoms with van der Waals surface area (Å²) in [7, 11) is 1.78. The minimum absolute atomic E-state index is 0.605. The fraction of sp³-hybridized carbons (Fsp3) is 0.680. The lowest BCUT2D eigenvalue weighted by Crippen LogP contribution is -2.43. The van der Waals surface area contributed by atoms with Crippen molar-refractivity contribution in [3.05, 3.63) is 47.1 Å².